The summed E-state index contributed by atoms with van der Waals surface area (Å²) in [5.74, 6) is -0.0173. The number of aliphatic hydroxyl groups excluding tert-OH is 2. The van der Waals surface area contributed by atoms with Crippen LogP contribution in [-0.2, 0) is 14.3 Å². The zero-order valence-electron chi connectivity index (χ0n) is 56.9. The van der Waals surface area contributed by atoms with Crippen LogP contribution in [0.1, 0.15) is 425 Å². The molecule has 0 aromatic rings. The zero-order chi connectivity index (χ0) is 60.6. The highest BCUT2D eigenvalue weighted by atomic mass is 16.5. The normalized spacial score (nSPS) is 12.7. The van der Waals surface area contributed by atoms with E-state index in [4.69, 9.17) is 4.74 Å². The first kappa shape index (κ1) is 82.1. The highest BCUT2D eigenvalue weighted by molar-refractivity contribution is 5.76. The van der Waals surface area contributed by atoms with Crippen molar-refractivity contribution in [2.45, 2.75) is 437 Å². The summed E-state index contributed by atoms with van der Waals surface area (Å²) in [6.45, 7) is 4.99. The number of nitrogens with one attached hydrogen (secondary N) is 1. The third-order valence-corrected chi connectivity index (χ3v) is 17.9. The van der Waals surface area contributed by atoms with Crippen molar-refractivity contribution < 1.29 is 24.5 Å². The Morgan fingerprint density at radius 2 is 0.595 bits per heavy atom. The fourth-order valence-electron chi connectivity index (χ4n) is 12.1. The van der Waals surface area contributed by atoms with E-state index in [2.05, 4.69) is 55.6 Å². The molecule has 0 aromatic carbocycles. The molecule has 0 aliphatic rings. The van der Waals surface area contributed by atoms with Gasteiger partial charge in [-0.2, -0.15) is 0 Å². The summed E-state index contributed by atoms with van der Waals surface area (Å²) in [7, 11) is 0. The molecule has 496 valence electrons. The van der Waals surface area contributed by atoms with Gasteiger partial charge in [-0.15, -0.1) is 0 Å². The summed E-state index contributed by atoms with van der Waals surface area (Å²) in [5.41, 5.74) is 0. The molecule has 84 heavy (non-hydrogen) atoms. The lowest BCUT2D eigenvalue weighted by Gasteiger charge is -2.22. The topological polar surface area (TPSA) is 95.9 Å². The van der Waals surface area contributed by atoms with Crippen molar-refractivity contribution >= 4 is 11.9 Å². The Kier molecular flexibility index (Phi) is 71.9. The van der Waals surface area contributed by atoms with E-state index in [9.17, 15) is 19.8 Å². The van der Waals surface area contributed by atoms with E-state index in [1.165, 1.54) is 340 Å². The maximum Gasteiger partial charge on any atom is 0.305 e. The van der Waals surface area contributed by atoms with Gasteiger partial charge in [-0.1, -0.05) is 365 Å². The van der Waals surface area contributed by atoms with Gasteiger partial charge in [0, 0.05) is 12.8 Å². The van der Waals surface area contributed by atoms with E-state index in [1.54, 1.807) is 0 Å². The molecule has 0 radical (unpaired) electrons. The number of hydrogen-bond donors (Lipinski definition) is 3. The maximum atomic E-state index is 12.5. The van der Waals surface area contributed by atoms with Crippen LogP contribution in [0.3, 0.4) is 0 Å². The third kappa shape index (κ3) is 69.2. The van der Waals surface area contributed by atoms with Crippen LogP contribution in [0.5, 0.6) is 0 Å². The van der Waals surface area contributed by atoms with Crippen LogP contribution in [0.15, 0.2) is 36.5 Å². The lowest BCUT2D eigenvalue weighted by molar-refractivity contribution is -0.143. The van der Waals surface area contributed by atoms with Gasteiger partial charge in [-0.25, -0.2) is 0 Å². The van der Waals surface area contributed by atoms with Crippen molar-refractivity contribution in [1.29, 1.82) is 0 Å². The molecular weight excluding hydrogens is 1030 g/mol. The van der Waals surface area contributed by atoms with Crippen LogP contribution in [0, 0.1) is 0 Å². The minimum Gasteiger partial charge on any atom is -0.466 e. The van der Waals surface area contributed by atoms with Crippen LogP contribution in [-0.4, -0.2) is 47.4 Å². The van der Waals surface area contributed by atoms with Gasteiger partial charge in [0.25, 0.3) is 0 Å². The summed E-state index contributed by atoms with van der Waals surface area (Å²) >= 11 is 0. The van der Waals surface area contributed by atoms with Crippen molar-refractivity contribution in [2.24, 2.45) is 0 Å². The molecule has 0 saturated heterocycles. The SMILES string of the molecule is CCCCCCCC/C=C\CCCCCCCCCCCC(=O)OCCCCCCCCCCC/C=C\C/C=C\CCCCCCCCCCCCCCCCCC(=O)NC(CO)C(O)CCCCCCCCCCCCCCCCCCC. The quantitative estimate of drug-likeness (QED) is 0.0320. The lowest BCUT2D eigenvalue weighted by Crippen LogP contribution is -2.45. The van der Waals surface area contributed by atoms with Crippen molar-refractivity contribution in [1.82, 2.24) is 5.32 Å². The number of aliphatic hydroxyl groups is 2. The monoisotopic (exact) mass is 1180 g/mol. The molecule has 0 heterocycles. The second-order valence-electron chi connectivity index (χ2n) is 26.3. The Bertz CT molecular complexity index is 1360. The predicted octanol–water partition coefficient (Wildman–Crippen LogP) is 25.0. The number of hydrogen-bond acceptors (Lipinski definition) is 5. The second-order valence-corrected chi connectivity index (χ2v) is 26.3. The minimum atomic E-state index is -0.664. The lowest BCUT2D eigenvalue weighted by atomic mass is 10.0. The summed E-state index contributed by atoms with van der Waals surface area (Å²) in [6, 6.07) is -0.542. The van der Waals surface area contributed by atoms with E-state index >= 15 is 0 Å². The van der Waals surface area contributed by atoms with Gasteiger partial charge in [-0.3, -0.25) is 9.59 Å². The van der Waals surface area contributed by atoms with Crippen molar-refractivity contribution in [3.05, 3.63) is 36.5 Å². The third-order valence-electron chi connectivity index (χ3n) is 17.9. The predicted molar refractivity (Wildman–Crippen MR) is 370 cm³/mol. The van der Waals surface area contributed by atoms with Crippen LogP contribution >= 0.6 is 0 Å². The van der Waals surface area contributed by atoms with Crippen LogP contribution in [0.2, 0.25) is 0 Å². The number of carbonyl (C=O) groups is 2. The molecule has 2 atom stereocenters. The molecule has 0 spiro atoms. The Balaban J connectivity index is 3.38. The first-order valence-electron chi connectivity index (χ1n) is 38.2. The number of ether oxygens (including phenoxy) is 1. The standard InChI is InChI=1S/C78H149NO5/c1-3-5-7-9-11-13-15-17-19-21-35-40-44-48-52-56-60-64-68-72-78(83)84-73-69-65-61-57-53-49-45-41-37-34-32-30-28-26-24-22-23-25-27-29-31-33-36-39-43-47-51-55-59-63-67-71-77(82)79-75(74-80)76(81)70-66-62-58-54-50-46-42-38-20-18-16-14-12-10-8-6-4-2/h17,19,24,26,30,32,75-76,80-81H,3-16,18,20-23,25,27-29,31,33-74H2,1-2H3,(H,79,82)/b19-17-,26-24-,32-30-. The van der Waals surface area contributed by atoms with Crippen LogP contribution < -0.4 is 5.32 Å². The van der Waals surface area contributed by atoms with Crippen molar-refractivity contribution in [2.75, 3.05) is 13.2 Å². The molecule has 0 saturated carbocycles. The second kappa shape index (κ2) is 73.5. The molecule has 0 bridgehead atoms. The van der Waals surface area contributed by atoms with Gasteiger partial charge in [-0.05, 0) is 83.5 Å². The van der Waals surface area contributed by atoms with E-state index in [-0.39, 0.29) is 18.5 Å². The first-order chi connectivity index (χ1) is 41.5. The highest BCUT2D eigenvalue weighted by Crippen LogP contribution is 2.19. The number of unbranched alkanes of at least 4 members (excludes halogenated alkanes) is 55. The molecule has 1 amide bonds. The largest absolute Gasteiger partial charge is 0.466 e. The van der Waals surface area contributed by atoms with Crippen LogP contribution in [0.4, 0.5) is 0 Å². The smallest absolute Gasteiger partial charge is 0.305 e. The molecule has 0 aliphatic carbocycles. The minimum absolute atomic E-state index is 0.0135. The summed E-state index contributed by atoms with van der Waals surface area (Å²) in [4.78, 5) is 24.7. The number of rotatable bonds is 72. The number of carbonyl (C=O) groups excluding carboxylic acids is 2. The van der Waals surface area contributed by atoms with E-state index in [0.29, 0.717) is 25.9 Å². The number of amides is 1. The van der Waals surface area contributed by atoms with Crippen LogP contribution in [0.25, 0.3) is 0 Å². The molecule has 0 aliphatic heterocycles. The van der Waals surface area contributed by atoms with Gasteiger partial charge in [0.05, 0.1) is 25.4 Å². The summed E-state index contributed by atoms with van der Waals surface area (Å²) in [6.07, 6.45) is 95.0. The zero-order valence-corrected chi connectivity index (χ0v) is 56.9. The highest BCUT2D eigenvalue weighted by Gasteiger charge is 2.20. The summed E-state index contributed by atoms with van der Waals surface area (Å²) < 4.78 is 5.51. The van der Waals surface area contributed by atoms with E-state index in [0.717, 1.165) is 51.4 Å². The van der Waals surface area contributed by atoms with Gasteiger partial charge < -0.3 is 20.3 Å². The summed E-state index contributed by atoms with van der Waals surface area (Å²) in [5, 5.41) is 23.4. The molecule has 3 N–H and O–H groups in total. The van der Waals surface area contributed by atoms with E-state index < -0.39 is 12.1 Å². The van der Waals surface area contributed by atoms with Gasteiger partial charge >= 0.3 is 5.97 Å². The first-order valence-corrected chi connectivity index (χ1v) is 38.2. The maximum absolute atomic E-state index is 12.5. The van der Waals surface area contributed by atoms with Crippen molar-refractivity contribution in [3.8, 4) is 0 Å². The molecule has 6 heteroatoms. The average Bonchev–Trinajstić information content (AvgIpc) is 3.51. The molecule has 0 rings (SSSR count). The van der Waals surface area contributed by atoms with Gasteiger partial charge in [0.1, 0.15) is 0 Å². The molecule has 2 unspecified atom stereocenters. The fourth-order valence-corrected chi connectivity index (χ4v) is 12.1. The number of esters is 1. The molecule has 6 nitrogen and oxygen atoms in total. The average molecular weight is 1180 g/mol. The Hall–Kier alpha value is -1.92. The van der Waals surface area contributed by atoms with Gasteiger partial charge in [0.2, 0.25) is 5.91 Å². The Morgan fingerprint density at radius 1 is 0.333 bits per heavy atom. The molecular formula is C78H149NO5. The Labute approximate surface area is 525 Å². The number of allylic oxidation sites excluding steroid dienone is 6. The fraction of sp³-hybridized carbons (Fsp3) is 0.897. The van der Waals surface area contributed by atoms with Gasteiger partial charge in [0.15, 0.2) is 0 Å². The molecule has 0 aromatic heterocycles. The molecule has 0 fully saturated rings. The Morgan fingerprint density at radius 3 is 0.917 bits per heavy atom. The van der Waals surface area contributed by atoms with Crippen molar-refractivity contribution in [3.63, 3.8) is 0 Å². The van der Waals surface area contributed by atoms with E-state index in [1.807, 2.05) is 0 Å².